The first-order valence-corrected chi connectivity index (χ1v) is 7.65. The number of rotatable bonds is 3. The summed E-state index contributed by atoms with van der Waals surface area (Å²) in [4.78, 5) is 16.9. The molecule has 1 aliphatic rings. The molecule has 0 aromatic heterocycles. The molecule has 0 radical (unpaired) electrons. The number of methoxy groups -OCH3 is 1. The van der Waals surface area contributed by atoms with Crippen molar-refractivity contribution in [1.29, 1.82) is 0 Å². The minimum absolute atomic E-state index is 0.257. The molecule has 1 fully saturated rings. The lowest BCUT2D eigenvalue weighted by Gasteiger charge is -2.03. The highest BCUT2D eigenvalue weighted by Gasteiger charge is 2.24. The van der Waals surface area contributed by atoms with Crippen LogP contribution in [0, 0.1) is 5.82 Å². The smallest absolute Gasteiger partial charge is 0.264 e. The van der Waals surface area contributed by atoms with Crippen molar-refractivity contribution in [1.82, 2.24) is 5.32 Å². The first kappa shape index (κ1) is 15.3. The van der Waals surface area contributed by atoms with E-state index in [1.54, 1.807) is 37.5 Å². The lowest BCUT2D eigenvalue weighted by molar-refractivity contribution is -0.115. The highest BCUT2D eigenvalue weighted by atomic mass is 32.2. The topological polar surface area (TPSA) is 50.7 Å². The predicted molar refractivity (Wildman–Crippen MR) is 90.2 cm³/mol. The number of amidine groups is 1. The van der Waals surface area contributed by atoms with Crippen LogP contribution in [0.25, 0.3) is 6.08 Å². The molecule has 4 nitrogen and oxygen atoms in total. The Labute approximate surface area is 137 Å². The molecule has 2 aromatic carbocycles. The number of ether oxygens (including phenoxy) is 1. The number of nitrogens with zero attached hydrogens (tertiary/aromatic N) is 1. The Morgan fingerprint density at radius 1 is 1.22 bits per heavy atom. The predicted octanol–water partition coefficient (Wildman–Crippen LogP) is 3.73. The fraction of sp³-hybridized carbons (Fsp3) is 0.0588. The number of carbonyl (C=O) groups excluding carboxylic acids is 1. The third kappa shape index (κ3) is 3.60. The largest absolute Gasteiger partial charge is 0.494 e. The Bertz CT molecular complexity index is 818. The summed E-state index contributed by atoms with van der Waals surface area (Å²) in [5.74, 6) is 0.0241. The van der Waals surface area contributed by atoms with Crippen molar-refractivity contribution >= 4 is 34.6 Å². The first-order valence-electron chi connectivity index (χ1n) is 6.84. The molecule has 23 heavy (non-hydrogen) atoms. The first-order chi connectivity index (χ1) is 11.2. The van der Waals surface area contributed by atoms with Gasteiger partial charge in [0, 0.05) is 0 Å². The SMILES string of the molecule is COc1ccccc1N=C1NC(=O)/C(=C/c2cccc(F)c2)S1. The van der Waals surface area contributed by atoms with Gasteiger partial charge in [-0.1, -0.05) is 24.3 Å². The van der Waals surface area contributed by atoms with Crippen LogP contribution in [0.15, 0.2) is 58.4 Å². The van der Waals surface area contributed by atoms with E-state index in [1.807, 2.05) is 12.1 Å². The van der Waals surface area contributed by atoms with Crippen LogP contribution < -0.4 is 10.1 Å². The van der Waals surface area contributed by atoms with Crippen LogP contribution in [0.2, 0.25) is 0 Å². The van der Waals surface area contributed by atoms with E-state index in [0.717, 1.165) is 0 Å². The number of hydrogen-bond donors (Lipinski definition) is 1. The van der Waals surface area contributed by atoms with Gasteiger partial charge in [-0.05, 0) is 47.7 Å². The second kappa shape index (κ2) is 6.66. The standard InChI is InChI=1S/C17H13FN2O2S/c1-22-14-8-3-2-7-13(14)19-17-20-16(21)15(23-17)10-11-5-4-6-12(18)9-11/h2-10H,1H3,(H,19,20,21)/b15-10-. The molecule has 0 aliphatic carbocycles. The quantitative estimate of drug-likeness (QED) is 0.874. The monoisotopic (exact) mass is 328 g/mol. The molecule has 0 saturated carbocycles. The van der Waals surface area contributed by atoms with Gasteiger partial charge < -0.3 is 10.1 Å². The van der Waals surface area contributed by atoms with Crippen molar-refractivity contribution in [3.63, 3.8) is 0 Å². The van der Waals surface area contributed by atoms with E-state index < -0.39 is 0 Å². The van der Waals surface area contributed by atoms with Crippen molar-refractivity contribution in [3.05, 3.63) is 64.8 Å². The van der Waals surface area contributed by atoms with Crippen LogP contribution in [0.3, 0.4) is 0 Å². The van der Waals surface area contributed by atoms with E-state index in [1.165, 1.54) is 23.9 Å². The molecule has 0 unspecified atom stereocenters. The van der Waals surface area contributed by atoms with Crippen LogP contribution in [0.4, 0.5) is 10.1 Å². The second-order valence-electron chi connectivity index (χ2n) is 4.71. The summed E-state index contributed by atoms with van der Waals surface area (Å²) >= 11 is 1.21. The molecule has 1 heterocycles. The summed E-state index contributed by atoms with van der Waals surface area (Å²) in [6, 6.07) is 13.3. The molecular formula is C17H13FN2O2S. The molecule has 0 atom stereocenters. The van der Waals surface area contributed by atoms with Crippen molar-refractivity contribution in [2.24, 2.45) is 4.99 Å². The molecule has 1 aliphatic heterocycles. The van der Waals surface area contributed by atoms with Gasteiger partial charge in [-0.15, -0.1) is 0 Å². The van der Waals surface area contributed by atoms with Crippen LogP contribution in [-0.4, -0.2) is 18.2 Å². The summed E-state index contributed by atoms with van der Waals surface area (Å²) in [6.07, 6.45) is 1.63. The highest BCUT2D eigenvalue weighted by molar-refractivity contribution is 8.18. The Morgan fingerprint density at radius 3 is 2.83 bits per heavy atom. The number of nitrogens with one attached hydrogen (secondary N) is 1. The van der Waals surface area contributed by atoms with Gasteiger partial charge in [0.1, 0.15) is 17.3 Å². The third-order valence-corrected chi connectivity index (χ3v) is 4.01. The van der Waals surface area contributed by atoms with E-state index in [0.29, 0.717) is 27.1 Å². The van der Waals surface area contributed by atoms with Gasteiger partial charge in [-0.2, -0.15) is 0 Å². The molecule has 0 spiro atoms. The van der Waals surface area contributed by atoms with Gasteiger partial charge in [0.25, 0.3) is 5.91 Å². The number of benzene rings is 2. The summed E-state index contributed by atoms with van der Waals surface area (Å²) in [7, 11) is 1.56. The van der Waals surface area contributed by atoms with Crippen molar-refractivity contribution in [2.75, 3.05) is 7.11 Å². The van der Waals surface area contributed by atoms with Crippen molar-refractivity contribution in [2.45, 2.75) is 0 Å². The van der Waals surface area contributed by atoms with Crippen LogP contribution in [0.5, 0.6) is 5.75 Å². The van der Waals surface area contributed by atoms with Crippen molar-refractivity contribution < 1.29 is 13.9 Å². The van der Waals surface area contributed by atoms with E-state index in [9.17, 15) is 9.18 Å². The van der Waals surface area contributed by atoms with Crippen LogP contribution in [-0.2, 0) is 4.79 Å². The molecule has 116 valence electrons. The fourth-order valence-corrected chi connectivity index (χ4v) is 2.89. The Kier molecular flexibility index (Phi) is 4.43. The molecule has 1 N–H and O–H groups in total. The van der Waals surface area contributed by atoms with Gasteiger partial charge in [-0.3, -0.25) is 4.79 Å². The van der Waals surface area contributed by atoms with E-state index in [-0.39, 0.29) is 11.7 Å². The van der Waals surface area contributed by atoms with E-state index in [4.69, 9.17) is 4.74 Å². The number of amides is 1. The normalized spacial score (nSPS) is 17.6. The van der Waals surface area contributed by atoms with E-state index in [2.05, 4.69) is 10.3 Å². The van der Waals surface area contributed by atoms with Crippen molar-refractivity contribution in [3.8, 4) is 5.75 Å². The lowest BCUT2D eigenvalue weighted by Crippen LogP contribution is -2.19. The number of para-hydroxylation sites is 2. The number of aliphatic imine (C=N–C) groups is 1. The minimum atomic E-state index is -0.342. The van der Waals surface area contributed by atoms with Gasteiger partial charge in [-0.25, -0.2) is 9.38 Å². The molecule has 3 rings (SSSR count). The Hall–Kier alpha value is -2.60. The number of carbonyl (C=O) groups is 1. The zero-order valence-electron chi connectivity index (χ0n) is 12.2. The third-order valence-electron chi connectivity index (χ3n) is 3.10. The minimum Gasteiger partial charge on any atom is -0.494 e. The lowest BCUT2D eigenvalue weighted by atomic mass is 10.2. The molecule has 2 aromatic rings. The summed E-state index contributed by atoms with van der Waals surface area (Å²) in [6.45, 7) is 0. The Balaban J connectivity index is 1.86. The summed E-state index contributed by atoms with van der Waals surface area (Å²) < 4.78 is 18.4. The zero-order valence-corrected chi connectivity index (χ0v) is 13.1. The number of thioether (sulfide) groups is 1. The molecule has 1 saturated heterocycles. The van der Waals surface area contributed by atoms with Gasteiger partial charge in [0.2, 0.25) is 0 Å². The maximum atomic E-state index is 13.2. The zero-order chi connectivity index (χ0) is 16.2. The maximum absolute atomic E-state index is 13.2. The second-order valence-corrected chi connectivity index (χ2v) is 5.74. The molecule has 0 bridgehead atoms. The van der Waals surface area contributed by atoms with Gasteiger partial charge in [0.05, 0.1) is 12.0 Å². The molecule has 6 heteroatoms. The van der Waals surface area contributed by atoms with Crippen LogP contribution in [0.1, 0.15) is 5.56 Å². The summed E-state index contributed by atoms with van der Waals surface area (Å²) in [5, 5.41) is 3.16. The molecule has 1 amide bonds. The van der Waals surface area contributed by atoms with Gasteiger partial charge >= 0.3 is 0 Å². The molecular weight excluding hydrogens is 315 g/mol. The van der Waals surface area contributed by atoms with Gasteiger partial charge in [0.15, 0.2) is 5.17 Å². The fourth-order valence-electron chi connectivity index (χ4n) is 2.06. The number of hydrogen-bond acceptors (Lipinski definition) is 4. The van der Waals surface area contributed by atoms with E-state index >= 15 is 0 Å². The Morgan fingerprint density at radius 2 is 2.04 bits per heavy atom. The number of halogens is 1. The summed E-state index contributed by atoms with van der Waals surface area (Å²) in [5.41, 5.74) is 1.26. The van der Waals surface area contributed by atoms with Crippen LogP contribution >= 0.6 is 11.8 Å². The average molecular weight is 328 g/mol. The highest BCUT2D eigenvalue weighted by Crippen LogP contribution is 2.31. The maximum Gasteiger partial charge on any atom is 0.264 e. The average Bonchev–Trinajstić information content (AvgIpc) is 2.87.